The van der Waals surface area contributed by atoms with Crippen LogP contribution in [0.2, 0.25) is 0 Å². The molecule has 1 aliphatic rings. The maximum atomic E-state index is 13.0. The zero-order valence-electron chi connectivity index (χ0n) is 17.8. The quantitative estimate of drug-likeness (QED) is 0.591. The molecular formula is C24H25N5O2. The lowest BCUT2D eigenvalue weighted by Crippen LogP contribution is -2.20. The van der Waals surface area contributed by atoms with Crippen molar-refractivity contribution >= 4 is 34.7 Å². The summed E-state index contributed by atoms with van der Waals surface area (Å²) in [5.41, 5.74) is 5.60. The smallest absolute Gasteiger partial charge is 0.255 e. The maximum absolute atomic E-state index is 13.0. The summed E-state index contributed by atoms with van der Waals surface area (Å²) in [7, 11) is 3.60. The number of carbonyl (C=O) groups excluding carboxylic acids is 2. The van der Waals surface area contributed by atoms with Crippen molar-refractivity contribution in [2.24, 2.45) is 0 Å². The van der Waals surface area contributed by atoms with Crippen molar-refractivity contribution in [1.82, 2.24) is 10.3 Å². The molecule has 0 fully saturated rings. The van der Waals surface area contributed by atoms with Gasteiger partial charge in [0.1, 0.15) is 0 Å². The van der Waals surface area contributed by atoms with Crippen LogP contribution < -0.4 is 20.9 Å². The number of benzene rings is 2. The molecule has 0 saturated carbocycles. The normalized spacial score (nSPS) is 12.3. The molecule has 3 N–H and O–H groups in total. The Hall–Kier alpha value is -3.87. The molecule has 0 saturated heterocycles. The molecule has 0 aliphatic carbocycles. The number of amides is 2. The van der Waals surface area contributed by atoms with Gasteiger partial charge in [0.25, 0.3) is 11.8 Å². The summed E-state index contributed by atoms with van der Waals surface area (Å²) in [5, 5.41) is 8.78. The Labute approximate surface area is 181 Å². The van der Waals surface area contributed by atoms with Gasteiger partial charge in [0, 0.05) is 43.8 Å². The number of aromatic nitrogens is 1. The van der Waals surface area contributed by atoms with Crippen molar-refractivity contribution in [2.45, 2.75) is 13.3 Å². The molecule has 2 heterocycles. The van der Waals surface area contributed by atoms with Gasteiger partial charge in [-0.2, -0.15) is 0 Å². The Balaban J connectivity index is 1.65. The minimum absolute atomic E-state index is 0.249. The molecule has 2 aromatic carbocycles. The van der Waals surface area contributed by atoms with Crippen LogP contribution in [0, 0.1) is 6.92 Å². The number of likely N-dealkylation sites (N-methyl/N-ethyl adjacent to an activating group) is 1. The van der Waals surface area contributed by atoms with Gasteiger partial charge < -0.3 is 20.9 Å². The van der Waals surface area contributed by atoms with E-state index in [2.05, 4.69) is 25.8 Å². The number of hydrogen-bond donors (Lipinski definition) is 3. The van der Waals surface area contributed by atoms with Crippen molar-refractivity contribution in [2.75, 3.05) is 36.2 Å². The van der Waals surface area contributed by atoms with E-state index in [1.165, 1.54) is 6.20 Å². The molecular weight excluding hydrogens is 390 g/mol. The van der Waals surface area contributed by atoms with E-state index in [4.69, 9.17) is 0 Å². The molecule has 1 aliphatic heterocycles. The fourth-order valence-corrected chi connectivity index (χ4v) is 3.67. The van der Waals surface area contributed by atoms with Gasteiger partial charge in [0.05, 0.1) is 11.3 Å². The molecule has 1 aromatic heterocycles. The highest BCUT2D eigenvalue weighted by molar-refractivity contribution is 6.07. The first-order valence-corrected chi connectivity index (χ1v) is 10.2. The molecule has 0 bridgehead atoms. The van der Waals surface area contributed by atoms with Crippen LogP contribution in [0.3, 0.4) is 0 Å². The lowest BCUT2D eigenvalue weighted by molar-refractivity contribution is 0.0961. The first-order valence-electron chi connectivity index (χ1n) is 10.2. The zero-order chi connectivity index (χ0) is 22.0. The molecule has 2 amide bonds. The summed E-state index contributed by atoms with van der Waals surface area (Å²) >= 11 is 0. The van der Waals surface area contributed by atoms with E-state index in [1.54, 1.807) is 13.1 Å². The van der Waals surface area contributed by atoms with Crippen LogP contribution in [0.4, 0.5) is 22.9 Å². The Morgan fingerprint density at radius 2 is 1.81 bits per heavy atom. The summed E-state index contributed by atoms with van der Waals surface area (Å²) in [6.07, 6.45) is 2.40. The number of fused-ring (bicyclic) bond motifs is 1. The minimum atomic E-state index is -0.272. The second-order valence-corrected chi connectivity index (χ2v) is 7.61. The number of carbonyl (C=O) groups is 2. The van der Waals surface area contributed by atoms with Gasteiger partial charge in [-0.05, 0) is 54.8 Å². The number of nitrogens with one attached hydrogen (secondary N) is 3. The van der Waals surface area contributed by atoms with E-state index in [-0.39, 0.29) is 11.8 Å². The summed E-state index contributed by atoms with van der Waals surface area (Å²) in [6, 6.07) is 15.2. The molecule has 158 valence electrons. The van der Waals surface area contributed by atoms with Crippen LogP contribution in [0.1, 0.15) is 31.8 Å². The van der Waals surface area contributed by atoms with Crippen LogP contribution in [0.15, 0.2) is 54.7 Å². The van der Waals surface area contributed by atoms with Crippen LogP contribution in [0.25, 0.3) is 0 Å². The first kappa shape index (κ1) is 20.4. The third-order valence-electron chi connectivity index (χ3n) is 5.49. The molecule has 0 spiro atoms. The van der Waals surface area contributed by atoms with Gasteiger partial charge in [-0.3, -0.25) is 9.59 Å². The number of anilines is 4. The van der Waals surface area contributed by atoms with Crippen LogP contribution in [-0.2, 0) is 6.42 Å². The monoisotopic (exact) mass is 415 g/mol. The number of para-hydroxylation sites is 1. The zero-order valence-corrected chi connectivity index (χ0v) is 17.8. The molecule has 3 aromatic rings. The standard InChI is InChI=1S/C24H25N5O2/c1-15-6-4-5-7-19(15)27-22-20(13-18(14-26-22)23(30)25-2)28-24(31)17-8-9-21-16(12-17)10-11-29(21)3/h4-9,12-14H,10-11H2,1-3H3,(H,25,30)(H,26,27)(H,28,31). The Bertz CT molecular complexity index is 1160. The molecule has 7 heteroatoms. The predicted molar refractivity (Wildman–Crippen MR) is 123 cm³/mol. The summed E-state index contributed by atoms with van der Waals surface area (Å²) in [4.78, 5) is 31.7. The van der Waals surface area contributed by atoms with Gasteiger partial charge >= 0.3 is 0 Å². The largest absolute Gasteiger partial charge is 0.374 e. The summed E-state index contributed by atoms with van der Waals surface area (Å²) < 4.78 is 0. The second-order valence-electron chi connectivity index (χ2n) is 7.61. The average Bonchev–Trinajstić information content (AvgIpc) is 3.16. The number of hydrogen-bond acceptors (Lipinski definition) is 5. The third-order valence-corrected chi connectivity index (χ3v) is 5.49. The maximum Gasteiger partial charge on any atom is 0.255 e. The summed E-state index contributed by atoms with van der Waals surface area (Å²) in [5.74, 6) is -0.0525. The van der Waals surface area contributed by atoms with E-state index in [0.29, 0.717) is 22.6 Å². The van der Waals surface area contributed by atoms with Crippen LogP contribution >= 0.6 is 0 Å². The minimum Gasteiger partial charge on any atom is -0.374 e. The van der Waals surface area contributed by atoms with Crippen molar-refractivity contribution in [1.29, 1.82) is 0 Å². The lowest BCUT2D eigenvalue weighted by Gasteiger charge is -2.15. The van der Waals surface area contributed by atoms with E-state index < -0.39 is 0 Å². The van der Waals surface area contributed by atoms with Crippen LogP contribution in [-0.4, -0.2) is 37.4 Å². The van der Waals surface area contributed by atoms with Crippen molar-refractivity contribution < 1.29 is 9.59 Å². The second kappa shape index (κ2) is 8.47. The number of aryl methyl sites for hydroxylation is 1. The fourth-order valence-electron chi connectivity index (χ4n) is 3.67. The highest BCUT2D eigenvalue weighted by Gasteiger charge is 2.19. The number of nitrogens with zero attached hydrogens (tertiary/aromatic N) is 2. The van der Waals surface area contributed by atoms with Gasteiger partial charge in [-0.25, -0.2) is 4.98 Å². The van der Waals surface area contributed by atoms with E-state index in [9.17, 15) is 9.59 Å². The van der Waals surface area contributed by atoms with E-state index in [0.717, 1.165) is 35.5 Å². The SMILES string of the molecule is CNC(=O)c1cnc(Nc2ccccc2C)c(NC(=O)c2ccc3c(c2)CCN3C)c1. The molecule has 4 rings (SSSR count). The average molecular weight is 415 g/mol. The fraction of sp³-hybridized carbons (Fsp3) is 0.208. The molecule has 7 nitrogen and oxygen atoms in total. The number of pyridine rings is 1. The summed E-state index contributed by atoms with van der Waals surface area (Å²) in [6.45, 7) is 2.93. The Morgan fingerprint density at radius 1 is 1.00 bits per heavy atom. The van der Waals surface area contributed by atoms with Gasteiger partial charge in [-0.1, -0.05) is 18.2 Å². The van der Waals surface area contributed by atoms with Crippen molar-refractivity contribution in [3.8, 4) is 0 Å². The Kier molecular flexibility index (Phi) is 5.58. The van der Waals surface area contributed by atoms with Gasteiger partial charge in [-0.15, -0.1) is 0 Å². The topological polar surface area (TPSA) is 86.4 Å². The highest BCUT2D eigenvalue weighted by Crippen LogP contribution is 2.29. The number of rotatable bonds is 5. The van der Waals surface area contributed by atoms with E-state index in [1.807, 2.05) is 56.4 Å². The van der Waals surface area contributed by atoms with Crippen LogP contribution in [0.5, 0.6) is 0 Å². The van der Waals surface area contributed by atoms with Crippen molar-refractivity contribution in [3.63, 3.8) is 0 Å². The third kappa shape index (κ3) is 4.21. The predicted octanol–water partition coefficient (Wildman–Crippen LogP) is 3.74. The molecule has 0 atom stereocenters. The van der Waals surface area contributed by atoms with Gasteiger partial charge in [0.15, 0.2) is 5.82 Å². The van der Waals surface area contributed by atoms with Gasteiger partial charge in [0.2, 0.25) is 0 Å². The molecule has 0 unspecified atom stereocenters. The molecule has 31 heavy (non-hydrogen) atoms. The first-order chi connectivity index (χ1) is 15.0. The Morgan fingerprint density at radius 3 is 2.58 bits per heavy atom. The van der Waals surface area contributed by atoms with E-state index >= 15 is 0 Å². The lowest BCUT2D eigenvalue weighted by atomic mass is 10.1. The highest BCUT2D eigenvalue weighted by atomic mass is 16.2. The van der Waals surface area contributed by atoms with Crippen molar-refractivity contribution in [3.05, 3.63) is 77.0 Å². The molecule has 0 radical (unpaired) electrons.